The molecule has 1 rings (SSSR count). The average molecular weight is 282 g/mol. The first kappa shape index (κ1) is 11.3. The van der Waals surface area contributed by atoms with Crippen molar-refractivity contribution < 1.29 is 13.9 Å². The molecule has 6 heteroatoms. The van der Waals surface area contributed by atoms with Gasteiger partial charge in [0.2, 0.25) is 0 Å². The molecule has 14 heavy (non-hydrogen) atoms. The van der Waals surface area contributed by atoms with Crippen molar-refractivity contribution in [1.82, 2.24) is 0 Å². The predicted molar refractivity (Wildman–Crippen MR) is 55.1 cm³/mol. The summed E-state index contributed by atoms with van der Waals surface area (Å²) >= 11 is 8.64. The van der Waals surface area contributed by atoms with Crippen LogP contribution in [0.3, 0.4) is 0 Å². The van der Waals surface area contributed by atoms with Crippen molar-refractivity contribution in [2.45, 2.75) is 0 Å². The molecule has 0 aliphatic heterocycles. The van der Waals surface area contributed by atoms with Crippen LogP contribution in [0.5, 0.6) is 0 Å². The number of benzene rings is 1. The molecule has 0 radical (unpaired) electrons. The van der Waals surface area contributed by atoms with Crippen LogP contribution in [-0.4, -0.2) is 13.2 Å². The fourth-order valence-electron chi connectivity index (χ4n) is 0.795. The van der Waals surface area contributed by atoms with Gasteiger partial charge < -0.3 is 4.74 Å². The zero-order valence-electron chi connectivity index (χ0n) is 7.11. The van der Waals surface area contributed by atoms with Gasteiger partial charge in [-0.3, -0.25) is 5.32 Å². The number of carbonyl (C=O) groups is 1. The quantitative estimate of drug-likeness (QED) is 0.802. The molecule has 0 aliphatic carbocycles. The number of hydrogen-bond donors (Lipinski definition) is 1. The van der Waals surface area contributed by atoms with E-state index in [1.165, 1.54) is 19.2 Å². The Balaban J connectivity index is 3.06. The summed E-state index contributed by atoms with van der Waals surface area (Å²) in [6.07, 6.45) is -0.774. The molecule has 0 bridgehead atoms. The monoisotopic (exact) mass is 281 g/mol. The number of anilines is 1. The van der Waals surface area contributed by atoms with Gasteiger partial charge in [0, 0.05) is 0 Å². The van der Waals surface area contributed by atoms with E-state index in [1.54, 1.807) is 0 Å². The number of nitrogens with one attached hydrogen (secondary N) is 1. The summed E-state index contributed by atoms with van der Waals surface area (Å²) in [5, 5.41) is 2.28. The Morgan fingerprint density at radius 2 is 2.29 bits per heavy atom. The fourth-order valence-corrected chi connectivity index (χ4v) is 1.32. The minimum atomic E-state index is -0.774. The van der Waals surface area contributed by atoms with E-state index in [0.29, 0.717) is 0 Å². The number of hydrogen-bond acceptors (Lipinski definition) is 2. The highest BCUT2D eigenvalue weighted by atomic mass is 79.9. The molecule has 0 atom stereocenters. The Morgan fingerprint density at radius 3 is 2.86 bits per heavy atom. The molecule has 0 heterocycles. The van der Waals surface area contributed by atoms with Gasteiger partial charge in [-0.2, -0.15) is 0 Å². The van der Waals surface area contributed by atoms with Crippen LogP contribution in [0, 0.1) is 5.82 Å². The second kappa shape index (κ2) is 4.61. The molecular weight excluding hydrogens is 276 g/mol. The number of carbonyl (C=O) groups excluding carboxylic acids is 1. The van der Waals surface area contributed by atoms with Crippen molar-refractivity contribution in [3.8, 4) is 0 Å². The Hall–Kier alpha value is -0.810. The molecule has 0 unspecified atom stereocenters. The Bertz CT molecular complexity index is 373. The zero-order chi connectivity index (χ0) is 10.7. The summed E-state index contributed by atoms with van der Waals surface area (Å²) in [5.41, 5.74) is -0.104. The number of halogens is 3. The molecule has 3 nitrogen and oxygen atoms in total. The second-order valence-electron chi connectivity index (χ2n) is 2.33. The predicted octanol–water partition coefficient (Wildman–Crippen LogP) is 3.42. The average Bonchev–Trinajstić information content (AvgIpc) is 2.18. The van der Waals surface area contributed by atoms with Gasteiger partial charge >= 0.3 is 6.09 Å². The third kappa shape index (κ3) is 2.36. The maximum absolute atomic E-state index is 13.4. The highest BCUT2D eigenvalue weighted by Gasteiger charge is 2.13. The molecule has 0 saturated heterocycles. The summed E-state index contributed by atoms with van der Waals surface area (Å²) in [6.45, 7) is 0. The van der Waals surface area contributed by atoms with Crippen LogP contribution in [-0.2, 0) is 4.74 Å². The Morgan fingerprint density at radius 1 is 1.64 bits per heavy atom. The maximum atomic E-state index is 13.4. The lowest BCUT2D eigenvalue weighted by molar-refractivity contribution is 0.187. The lowest BCUT2D eigenvalue weighted by Gasteiger charge is -2.07. The number of methoxy groups -OCH3 is 1. The normalized spacial score (nSPS) is 9.71. The second-order valence-corrected chi connectivity index (χ2v) is 3.60. The minimum absolute atomic E-state index is 0.104. The molecule has 0 spiro atoms. The molecular formula is C8H6BrClFNO2. The highest BCUT2D eigenvalue weighted by Crippen LogP contribution is 2.30. The van der Waals surface area contributed by atoms with Crippen LogP contribution in [0.2, 0.25) is 5.02 Å². The van der Waals surface area contributed by atoms with Crippen molar-refractivity contribution in [3.63, 3.8) is 0 Å². The van der Waals surface area contributed by atoms with Gasteiger partial charge in [0.15, 0.2) is 5.82 Å². The molecule has 76 valence electrons. The van der Waals surface area contributed by atoms with E-state index in [2.05, 4.69) is 26.0 Å². The molecule has 1 amide bonds. The first-order valence-corrected chi connectivity index (χ1v) is 4.72. The van der Waals surface area contributed by atoms with Crippen LogP contribution < -0.4 is 5.32 Å². The van der Waals surface area contributed by atoms with Crippen molar-refractivity contribution in [1.29, 1.82) is 0 Å². The molecule has 1 aromatic rings. The van der Waals surface area contributed by atoms with E-state index in [1.807, 2.05) is 0 Å². The zero-order valence-corrected chi connectivity index (χ0v) is 9.45. The molecule has 0 aromatic heterocycles. The van der Waals surface area contributed by atoms with Gasteiger partial charge in [-0.15, -0.1) is 0 Å². The number of rotatable bonds is 1. The van der Waals surface area contributed by atoms with Crippen LogP contribution in [0.1, 0.15) is 0 Å². The van der Waals surface area contributed by atoms with Gasteiger partial charge in [-0.25, -0.2) is 9.18 Å². The molecule has 1 N–H and O–H groups in total. The van der Waals surface area contributed by atoms with Gasteiger partial charge in [0.05, 0.1) is 22.3 Å². The van der Waals surface area contributed by atoms with E-state index in [0.717, 1.165) is 0 Å². The van der Waals surface area contributed by atoms with E-state index < -0.39 is 11.9 Å². The van der Waals surface area contributed by atoms with E-state index in [9.17, 15) is 9.18 Å². The SMILES string of the molecule is COC(=O)Nc1c(Cl)ccc(Br)c1F. The third-order valence-corrected chi connectivity index (χ3v) is 2.38. The molecule has 1 aromatic carbocycles. The summed E-state index contributed by atoms with van der Waals surface area (Å²) in [7, 11) is 1.18. The fraction of sp³-hybridized carbons (Fsp3) is 0.125. The van der Waals surface area contributed by atoms with E-state index >= 15 is 0 Å². The van der Waals surface area contributed by atoms with E-state index in [-0.39, 0.29) is 15.2 Å². The Kier molecular flexibility index (Phi) is 3.71. The van der Waals surface area contributed by atoms with Crippen molar-refractivity contribution in [3.05, 3.63) is 27.4 Å². The van der Waals surface area contributed by atoms with Crippen LogP contribution in [0.15, 0.2) is 16.6 Å². The first-order chi connectivity index (χ1) is 6.56. The van der Waals surface area contributed by atoms with Crippen LogP contribution >= 0.6 is 27.5 Å². The maximum Gasteiger partial charge on any atom is 0.411 e. The molecule has 0 aliphatic rings. The summed E-state index contributed by atoms with van der Waals surface area (Å²) in [4.78, 5) is 10.8. The van der Waals surface area contributed by atoms with E-state index in [4.69, 9.17) is 11.6 Å². The molecule has 0 saturated carbocycles. The summed E-state index contributed by atoms with van der Waals surface area (Å²) < 4.78 is 17.9. The largest absolute Gasteiger partial charge is 0.453 e. The standard InChI is InChI=1S/C8H6BrClFNO2/c1-14-8(13)12-7-5(10)3-2-4(9)6(7)11/h2-3H,1H3,(H,12,13). The van der Waals surface area contributed by atoms with Gasteiger partial charge in [0.1, 0.15) is 0 Å². The van der Waals surface area contributed by atoms with Crippen LogP contribution in [0.25, 0.3) is 0 Å². The highest BCUT2D eigenvalue weighted by molar-refractivity contribution is 9.10. The minimum Gasteiger partial charge on any atom is -0.453 e. The summed E-state index contributed by atoms with van der Waals surface area (Å²) in [6, 6.07) is 2.90. The number of amides is 1. The lowest BCUT2D eigenvalue weighted by atomic mass is 10.3. The molecule has 0 fully saturated rings. The van der Waals surface area contributed by atoms with Crippen molar-refractivity contribution >= 4 is 39.3 Å². The Labute approximate surface area is 93.3 Å². The van der Waals surface area contributed by atoms with Crippen LogP contribution in [0.4, 0.5) is 14.9 Å². The van der Waals surface area contributed by atoms with Gasteiger partial charge in [-0.05, 0) is 28.1 Å². The third-order valence-electron chi connectivity index (χ3n) is 1.46. The van der Waals surface area contributed by atoms with Gasteiger partial charge in [-0.1, -0.05) is 11.6 Å². The first-order valence-electron chi connectivity index (χ1n) is 3.54. The van der Waals surface area contributed by atoms with Gasteiger partial charge in [0.25, 0.3) is 0 Å². The van der Waals surface area contributed by atoms with Crippen molar-refractivity contribution in [2.24, 2.45) is 0 Å². The lowest BCUT2D eigenvalue weighted by Crippen LogP contribution is -2.12. The summed E-state index contributed by atoms with van der Waals surface area (Å²) in [5.74, 6) is -0.636. The smallest absolute Gasteiger partial charge is 0.411 e. The topological polar surface area (TPSA) is 38.3 Å². The van der Waals surface area contributed by atoms with Crippen molar-refractivity contribution in [2.75, 3.05) is 12.4 Å². The number of ether oxygens (including phenoxy) is 1.